The van der Waals surface area contributed by atoms with E-state index in [0.29, 0.717) is 31.8 Å². The van der Waals surface area contributed by atoms with Crippen LogP contribution in [-0.2, 0) is 21.2 Å². The van der Waals surface area contributed by atoms with Crippen LogP contribution in [0.25, 0.3) is 0 Å². The van der Waals surface area contributed by atoms with E-state index in [1.807, 2.05) is 23.1 Å². The van der Waals surface area contributed by atoms with Gasteiger partial charge in [0.2, 0.25) is 15.9 Å². The number of hydrogen-bond acceptors (Lipinski definition) is 3. The average molecular weight is 353 g/mol. The third-order valence-electron chi connectivity index (χ3n) is 4.48. The molecular formula is C18H28N2O3S. The average Bonchev–Trinajstić information content (AvgIpc) is 2.71. The molecule has 5 nitrogen and oxygen atoms in total. The lowest BCUT2D eigenvalue weighted by molar-refractivity contribution is -0.130. The number of likely N-dealkylation sites (tertiary alicyclic amines) is 1. The molecule has 1 aromatic carbocycles. The molecule has 0 radical (unpaired) electrons. The second-order valence-corrected chi connectivity index (χ2v) is 8.71. The van der Waals surface area contributed by atoms with Gasteiger partial charge in [-0.3, -0.25) is 4.79 Å². The minimum absolute atomic E-state index is 0.0687. The summed E-state index contributed by atoms with van der Waals surface area (Å²) in [6.07, 6.45) is 3.87. The van der Waals surface area contributed by atoms with E-state index >= 15 is 0 Å². The van der Waals surface area contributed by atoms with Gasteiger partial charge in [-0.2, -0.15) is 0 Å². The minimum atomic E-state index is -3.19. The molecular weight excluding hydrogens is 324 g/mol. The molecule has 1 heterocycles. The van der Waals surface area contributed by atoms with E-state index in [1.54, 1.807) is 0 Å². The Labute approximate surface area is 145 Å². The van der Waals surface area contributed by atoms with Gasteiger partial charge in [-0.1, -0.05) is 38.1 Å². The zero-order chi connectivity index (χ0) is 17.7. The van der Waals surface area contributed by atoms with E-state index in [4.69, 9.17) is 0 Å². The second kappa shape index (κ2) is 8.12. The molecule has 134 valence electrons. The molecule has 1 aliphatic heterocycles. The Morgan fingerprint density at radius 1 is 1.25 bits per heavy atom. The minimum Gasteiger partial charge on any atom is -0.342 e. The van der Waals surface area contributed by atoms with E-state index in [1.165, 1.54) is 11.8 Å². The van der Waals surface area contributed by atoms with Gasteiger partial charge in [-0.25, -0.2) is 13.1 Å². The van der Waals surface area contributed by atoms with Crippen LogP contribution in [-0.4, -0.2) is 44.6 Å². The van der Waals surface area contributed by atoms with Crippen LogP contribution in [0.15, 0.2) is 24.3 Å². The standard InChI is InChI=1S/C18H28N2O3S/c1-14(2)17-9-5-4-7-15(17)13-18(21)20-11-6-8-16(10-12-20)19-24(3,22)23/h4-5,7,9,14,16,19H,6,8,10-13H2,1-3H3. The van der Waals surface area contributed by atoms with Crippen molar-refractivity contribution in [3.63, 3.8) is 0 Å². The zero-order valence-corrected chi connectivity index (χ0v) is 15.6. The Morgan fingerprint density at radius 2 is 1.96 bits per heavy atom. The van der Waals surface area contributed by atoms with Crippen molar-refractivity contribution in [2.24, 2.45) is 0 Å². The van der Waals surface area contributed by atoms with Gasteiger partial charge >= 0.3 is 0 Å². The molecule has 24 heavy (non-hydrogen) atoms. The fourth-order valence-electron chi connectivity index (χ4n) is 3.30. The molecule has 1 saturated heterocycles. The zero-order valence-electron chi connectivity index (χ0n) is 14.8. The lowest BCUT2D eigenvalue weighted by Gasteiger charge is -2.22. The first-order chi connectivity index (χ1) is 11.3. The summed E-state index contributed by atoms with van der Waals surface area (Å²) < 4.78 is 25.4. The molecule has 1 unspecified atom stereocenters. The van der Waals surface area contributed by atoms with Crippen molar-refractivity contribution < 1.29 is 13.2 Å². The molecule has 0 spiro atoms. The third-order valence-corrected chi connectivity index (χ3v) is 5.24. The lowest BCUT2D eigenvalue weighted by atomic mass is 9.95. The quantitative estimate of drug-likeness (QED) is 0.884. The predicted octanol–water partition coefficient (Wildman–Crippen LogP) is 2.28. The molecule has 0 bridgehead atoms. The number of sulfonamides is 1. The van der Waals surface area contributed by atoms with Crippen molar-refractivity contribution in [1.29, 1.82) is 0 Å². The number of benzene rings is 1. The van der Waals surface area contributed by atoms with Gasteiger partial charge in [0.15, 0.2) is 0 Å². The Balaban J connectivity index is 1.99. The fourth-order valence-corrected chi connectivity index (χ4v) is 4.14. The van der Waals surface area contributed by atoms with E-state index < -0.39 is 10.0 Å². The van der Waals surface area contributed by atoms with Gasteiger partial charge in [-0.05, 0) is 36.3 Å². The fraction of sp³-hybridized carbons (Fsp3) is 0.611. The van der Waals surface area contributed by atoms with Crippen LogP contribution in [0.4, 0.5) is 0 Å². The molecule has 6 heteroatoms. The van der Waals surface area contributed by atoms with E-state index in [-0.39, 0.29) is 11.9 Å². The summed E-state index contributed by atoms with van der Waals surface area (Å²) >= 11 is 0. The maximum atomic E-state index is 12.7. The molecule has 0 aromatic heterocycles. The first-order valence-corrected chi connectivity index (χ1v) is 10.5. The molecule has 1 fully saturated rings. The highest BCUT2D eigenvalue weighted by atomic mass is 32.2. The van der Waals surface area contributed by atoms with Crippen molar-refractivity contribution in [2.45, 2.75) is 51.5 Å². The first-order valence-electron chi connectivity index (χ1n) is 8.59. The van der Waals surface area contributed by atoms with Crippen LogP contribution in [0.3, 0.4) is 0 Å². The summed E-state index contributed by atoms with van der Waals surface area (Å²) in [6, 6.07) is 8.03. The van der Waals surface area contributed by atoms with Crippen LogP contribution in [0.1, 0.15) is 50.2 Å². The van der Waals surface area contributed by atoms with Crippen LogP contribution in [0.2, 0.25) is 0 Å². The SMILES string of the molecule is CC(C)c1ccccc1CC(=O)N1CCCC(NS(C)(=O)=O)CC1. The largest absolute Gasteiger partial charge is 0.342 e. The second-order valence-electron chi connectivity index (χ2n) is 6.93. The molecule has 1 aliphatic rings. The van der Waals surface area contributed by atoms with Crippen molar-refractivity contribution in [2.75, 3.05) is 19.3 Å². The molecule has 2 rings (SSSR count). The van der Waals surface area contributed by atoms with E-state index in [2.05, 4.69) is 24.6 Å². The predicted molar refractivity (Wildman–Crippen MR) is 96.4 cm³/mol. The Morgan fingerprint density at radius 3 is 2.62 bits per heavy atom. The van der Waals surface area contributed by atoms with Gasteiger partial charge in [0, 0.05) is 19.1 Å². The summed E-state index contributed by atoms with van der Waals surface area (Å²) in [7, 11) is -3.19. The maximum Gasteiger partial charge on any atom is 0.227 e. The number of nitrogens with zero attached hydrogens (tertiary/aromatic N) is 1. The Hall–Kier alpha value is -1.40. The summed E-state index contributed by atoms with van der Waals surface area (Å²) in [5.41, 5.74) is 2.31. The number of rotatable bonds is 5. The number of nitrogens with one attached hydrogen (secondary N) is 1. The van der Waals surface area contributed by atoms with Crippen LogP contribution in [0, 0.1) is 0 Å². The molecule has 1 atom stereocenters. The van der Waals surface area contributed by atoms with Gasteiger partial charge < -0.3 is 4.90 Å². The van der Waals surface area contributed by atoms with Crippen LogP contribution < -0.4 is 4.72 Å². The first kappa shape index (κ1) is 18.9. The topological polar surface area (TPSA) is 66.5 Å². The Bertz CT molecular complexity index is 671. The van der Waals surface area contributed by atoms with Gasteiger partial charge in [0.1, 0.15) is 0 Å². The normalized spacial score (nSPS) is 19.3. The third kappa shape index (κ3) is 5.60. The maximum absolute atomic E-state index is 12.7. The summed E-state index contributed by atoms with van der Waals surface area (Å²) in [5, 5.41) is 0. The number of carbonyl (C=O) groups is 1. The van der Waals surface area contributed by atoms with Crippen LogP contribution in [0.5, 0.6) is 0 Å². The van der Waals surface area contributed by atoms with Gasteiger partial charge in [-0.15, -0.1) is 0 Å². The summed E-state index contributed by atoms with van der Waals surface area (Å²) in [5.74, 6) is 0.518. The van der Waals surface area contributed by atoms with Gasteiger partial charge in [0.05, 0.1) is 12.7 Å². The lowest BCUT2D eigenvalue weighted by Crippen LogP contribution is -2.36. The van der Waals surface area contributed by atoms with Crippen molar-refractivity contribution >= 4 is 15.9 Å². The summed E-state index contributed by atoms with van der Waals surface area (Å²) in [6.45, 7) is 5.58. The van der Waals surface area contributed by atoms with E-state index in [0.717, 1.165) is 18.4 Å². The smallest absolute Gasteiger partial charge is 0.227 e. The highest BCUT2D eigenvalue weighted by Gasteiger charge is 2.23. The van der Waals surface area contributed by atoms with E-state index in [9.17, 15) is 13.2 Å². The van der Waals surface area contributed by atoms with Crippen LogP contribution >= 0.6 is 0 Å². The Kier molecular flexibility index (Phi) is 6.40. The van der Waals surface area contributed by atoms with Crippen molar-refractivity contribution in [3.05, 3.63) is 35.4 Å². The molecule has 0 saturated carbocycles. The monoisotopic (exact) mass is 352 g/mol. The number of hydrogen-bond donors (Lipinski definition) is 1. The molecule has 0 aliphatic carbocycles. The van der Waals surface area contributed by atoms with Crippen molar-refractivity contribution in [1.82, 2.24) is 9.62 Å². The van der Waals surface area contributed by atoms with Crippen molar-refractivity contribution in [3.8, 4) is 0 Å². The molecule has 1 N–H and O–H groups in total. The molecule has 1 amide bonds. The highest BCUT2D eigenvalue weighted by molar-refractivity contribution is 7.88. The highest BCUT2D eigenvalue weighted by Crippen LogP contribution is 2.21. The van der Waals surface area contributed by atoms with Gasteiger partial charge in [0.25, 0.3) is 0 Å². The summed E-state index contributed by atoms with van der Waals surface area (Å²) in [4.78, 5) is 14.6. The molecule has 1 aromatic rings. The number of carbonyl (C=O) groups excluding carboxylic acids is 1. The number of amides is 1.